The average molecular weight is 225 g/mol. The third-order valence-electron chi connectivity index (χ3n) is 1.87. The van der Waals surface area contributed by atoms with Gasteiger partial charge in [0, 0.05) is 9.97 Å². The average Bonchev–Trinajstić information content (AvgIpc) is 2.17. The maximum Gasteiger partial charge on any atom is 0.0244 e. The third-order valence-corrected chi connectivity index (χ3v) is 3.38. The summed E-state index contributed by atoms with van der Waals surface area (Å²) < 4.78 is 1.13. The Bertz CT molecular complexity index is 76.6. The molecule has 0 amide bonds. The molecule has 48 valence electrons. The topological polar surface area (TPSA) is 26.0 Å². The molecule has 0 unspecified atom stereocenters. The van der Waals surface area contributed by atoms with E-state index in [1.54, 1.807) is 0 Å². The smallest absolute Gasteiger partial charge is 0.0244 e. The zero-order chi connectivity index (χ0) is 6.04. The molecule has 2 heteroatoms. The molecule has 0 aromatic heterocycles. The summed E-state index contributed by atoms with van der Waals surface area (Å²) in [6.07, 6.45) is 5.19. The van der Waals surface area contributed by atoms with Crippen molar-refractivity contribution in [2.75, 3.05) is 4.43 Å². The number of rotatable bonds is 1. The zero-order valence-electron chi connectivity index (χ0n) is 4.99. The first-order valence-corrected chi connectivity index (χ1v) is 4.64. The number of nitrogens with two attached hydrogens (primary N) is 1. The lowest BCUT2D eigenvalue weighted by Crippen LogP contribution is -2.37. The molecular formula is C6H12IN. The van der Waals surface area contributed by atoms with Gasteiger partial charge >= 0.3 is 0 Å². The van der Waals surface area contributed by atoms with E-state index in [1.165, 1.54) is 25.7 Å². The molecule has 1 aliphatic rings. The van der Waals surface area contributed by atoms with E-state index < -0.39 is 0 Å². The van der Waals surface area contributed by atoms with Crippen LogP contribution in [-0.2, 0) is 0 Å². The van der Waals surface area contributed by atoms with Gasteiger partial charge in [0.2, 0.25) is 0 Å². The molecule has 0 bridgehead atoms. The maximum absolute atomic E-state index is 5.95. The monoisotopic (exact) mass is 225 g/mol. The van der Waals surface area contributed by atoms with Crippen LogP contribution in [0.25, 0.3) is 0 Å². The second kappa shape index (κ2) is 2.52. The van der Waals surface area contributed by atoms with Gasteiger partial charge in [0.15, 0.2) is 0 Å². The van der Waals surface area contributed by atoms with Crippen molar-refractivity contribution in [3.05, 3.63) is 0 Å². The van der Waals surface area contributed by atoms with Gasteiger partial charge in [-0.15, -0.1) is 0 Å². The van der Waals surface area contributed by atoms with Crippen LogP contribution in [-0.4, -0.2) is 9.97 Å². The fourth-order valence-electron chi connectivity index (χ4n) is 1.21. The van der Waals surface area contributed by atoms with E-state index in [0.717, 1.165) is 4.43 Å². The lowest BCUT2D eigenvalue weighted by Gasteiger charge is -2.18. The molecule has 0 saturated heterocycles. The molecule has 0 spiro atoms. The van der Waals surface area contributed by atoms with E-state index in [9.17, 15) is 0 Å². The highest BCUT2D eigenvalue weighted by molar-refractivity contribution is 14.1. The van der Waals surface area contributed by atoms with Crippen molar-refractivity contribution in [1.82, 2.24) is 0 Å². The Hall–Kier alpha value is 0.690. The summed E-state index contributed by atoms with van der Waals surface area (Å²) in [6.45, 7) is 0. The fraction of sp³-hybridized carbons (Fsp3) is 1.00. The first-order chi connectivity index (χ1) is 3.77. The molecule has 0 aromatic carbocycles. The second-order valence-electron chi connectivity index (χ2n) is 2.70. The van der Waals surface area contributed by atoms with Crippen molar-refractivity contribution in [3.8, 4) is 0 Å². The highest BCUT2D eigenvalue weighted by Gasteiger charge is 2.27. The van der Waals surface area contributed by atoms with Gasteiger partial charge in [0.05, 0.1) is 0 Å². The first kappa shape index (κ1) is 6.81. The van der Waals surface area contributed by atoms with Crippen LogP contribution in [0, 0.1) is 0 Å². The molecule has 0 heterocycles. The first-order valence-electron chi connectivity index (χ1n) is 3.12. The molecule has 1 fully saturated rings. The number of hydrogen-bond acceptors (Lipinski definition) is 1. The van der Waals surface area contributed by atoms with E-state index in [-0.39, 0.29) is 5.54 Å². The molecule has 8 heavy (non-hydrogen) atoms. The Kier molecular flexibility index (Phi) is 2.14. The minimum absolute atomic E-state index is 0.223. The third kappa shape index (κ3) is 1.35. The van der Waals surface area contributed by atoms with Crippen LogP contribution >= 0.6 is 22.6 Å². The Labute approximate surface area is 64.2 Å². The van der Waals surface area contributed by atoms with Crippen molar-refractivity contribution >= 4 is 22.6 Å². The van der Waals surface area contributed by atoms with Crippen LogP contribution in [0.15, 0.2) is 0 Å². The van der Waals surface area contributed by atoms with Gasteiger partial charge in [-0.3, -0.25) is 0 Å². The lowest BCUT2D eigenvalue weighted by molar-refractivity contribution is 0.504. The standard InChI is InChI=1S/C6H12IN/c7-5-6(8)3-1-2-4-6/h1-5,8H2. The highest BCUT2D eigenvalue weighted by Crippen LogP contribution is 2.28. The van der Waals surface area contributed by atoms with Gasteiger partial charge in [0.25, 0.3) is 0 Å². The summed E-state index contributed by atoms with van der Waals surface area (Å²) >= 11 is 2.38. The number of halogens is 1. The molecule has 0 aliphatic heterocycles. The summed E-state index contributed by atoms with van der Waals surface area (Å²) in [7, 11) is 0. The minimum Gasteiger partial charge on any atom is -0.324 e. The van der Waals surface area contributed by atoms with E-state index >= 15 is 0 Å². The summed E-state index contributed by atoms with van der Waals surface area (Å²) in [5, 5.41) is 0. The minimum atomic E-state index is 0.223. The zero-order valence-corrected chi connectivity index (χ0v) is 7.15. The van der Waals surface area contributed by atoms with Crippen LogP contribution in [0.4, 0.5) is 0 Å². The van der Waals surface area contributed by atoms with Crippen LogP contribution < -0.4 is 5.73 Å². The number of hydrogen-bond donors (Lipinski definition) is 1. The summed E-state index contributed by atoms with van der Waals surface area (Å²) in [6, 6.07) is 0. The largest absolute Gasteiger partial charge is 0.324 e. The summed E-state index contributed by atoms with van der Waals surface area (Å²) in [4.78, 5) is 0. The van der Waals surface area contributed by atoms with Crippen LogP contribution in [0.2, 0.25) is 0 Å². The SMILES string of the molecule is NC1(CI)CCCC1. The maximum atomic E-state index is 5.95. The Morgan fingerprint density at radius 2 is 1.88 bits per heavy atom. The molecule has 0 aromatic rings. The van der Waals surface area contributed by atoms with Gasteiger partial charge in [-0.05, 0) is 12.8 Å². The van der Waals surface area contributed by atoms with Crippen molar-refractivity contribution < 1.29 is 0 Å². The van der Waals surface area contributed by atoms with Crippen molar-refractivity contribution in [3.63, 3.8) is 0 Å². The van der Waals surface area contributed by atoms with Crippen LogP contribution in [0.1, 0.15) is 25.7 Å². The van der Waals surface area contributed by atoms with Gasteiger partial charge in [0.1, 0.15) is 0 Å². The predicted octanol–water partition coefficient (Wildman–Crippen LogP) is 1.69. The van der Waals surface area contributed by atoms with Gasteiger partial charge in [-0.1, -0.05) is 35.4 Å². The highest BCUT2D eigenvalue weighted by atomic mass is 127. The predicted molar refractivity (Wildman–Crippen MR) is 44.3 cm³/mol. The van der Waals surface area contributed by atoms with E-state index in [4.69, 9.17) is 5.73 Å². The molecule has 1 rings (SSSR count). The molecule has 1 saturated carbocycles. The van der Waals surface area contributed by atoms with Gasteiger partial charge in [-0.2, -0.15) is 0 Å². The Morgan fingerprint density at radius 1 is 1.38 bits per heavy atom. The van der Waals surface area contributed by atoms with Crippen LogP contribution in [0.3, 0.4) is 0 Å². The van der Waals surface area contributed by atoms with Crippen molar-refractivity contribution in [1.29, 1.82) is 0 Å². The second-order valence-corrected chi connectivity index (χ2v) is 3.47. The van der Waals surface area contributed by atoms with Crippen molar-refractivity contribution in [2.45, 2.75) is 31.2 Å². The molecule has 2 N–H and O–H groups in total. The Balaban J connectivity index is 2.40. The molecule has 1 nitrogen and oxygen atoms in total. The molecular weight excluding hydrogens is 213 g/mol. The quantitative estimate of drug-likeness (QED) is 0.533. The molecule has 0 atom stereocenters. The number of alkyl halides is 1. The van der Waals surface area contributed by atoms with Gasteiger partial charge < -0.3 is 5.73 Å². The molecule has 0 radical (unpaired) electrons. The Morgan fingerprint density at radius 3 is 2.12 bits per heavy atom. The van der Waals surface area contributed by atoms with Gasteiger partial charge in [-0.25, -0.2) is 0 Å². The normalized spacial score (nSPS) is 26.2. The molecule has 1 aliphatic carbocycles. The summed E-state index contributed by atoms with van der Waals surface area (Å²) in [5.41, 5.74) is 6.17. The fourth-order valence-corrected chi connectivity index (χ4v) is 1.98. The summed E-state index contributed by atoms with van der Waals surface area (Å²) in [5.74, 6) is 0. The van der Waals surface area contributed by atoms with E-state index in [1.807, 2.05) is 0 Å². The lowest BCUT2D eigenvalue weighted by atomic mass is 10.0. The van der Waals surface area contributed by atoms with E-state index in [0.29, 0.717) is 0 Å². The van der Waals surface area contributed by atoms with E-state index in [2.05, 4.69) is 22.6 Å². The van der Waals surface area contributed by atoms with Crippen molar-refractivity contribution in [2.24, 2.45) is 5.73 Å². The van der Waals surface area contributed by atoms with Crippen LogP contribution in [0.5, 0.6) is 0 Å².